The van der Waals surface area contributed by atoms with Crippen LogP contribution in [0, 0.1) is 6.92 Å². The summed E-state index contributed by atoms with van der Waals surface area (Å²) in [7, 11) is 0. The molecule has 0 unspecified atom stereocenters. The molecule has 1 aromatic rings. The van der Waals surface area contributed by atoms with Crippen molar-refractivity contribution in [1.29, 1.82) is 0 Å². The first-order valence-corrected chi connectivity index (χ1v) is 5.59. The Hall–Kier alpha value is -1.56. The maximum Gasteiger partial charge on any atom is 0.271 e. The number of rotatable bonds is 4. The van der Waals surface area contributed by atoms with E-state index in [2.05, 4.69) is 10.4 Å². The number of hydrogen-bond acceptors (Lipinski definition) is 4. The Morgan fingerprint density at radius 2 is 2.18 bits per heavy atom. The standard InChI is InChI=1S/C11H20N4O2/c1-5-15-9(8(12)7(2)14-15)10(16)13-6-11(3,4)17/h17H,5-6,12H2,1-4H3,(H,13,16). The number of nitrogens with one attached hydrogen (secondary N) is 1. The van der Waals surface area contributed by atoms with Crippen molar-refractivity contribution in [3.63, 3.8) is 0 Å². The molecule has 1 aromatic heterocycles. The lowest BCUT2D eigenvalue weighted by Gasteiger charge is -2.17. The summed E-state index contributed by atoms with van der Waals surface area (Å²) in [6, 6.07) is 0. The van der Waals surface area contributed by atoms with E-state index in [9.17, 15) is 9.90 Å². The lowest BCUT2D eigenvalue weighted by Crippen LogP contribution is -2.39. The van der Waals surface area contributed by atoms with E-state index in [1.165, 1.54) is 0 Å². The second kappa shape index (κ2) is 4.75. The summed E-state index contributed by atoms with van der Waals surface area (Å²) in [4.78, 5) is 11.9. The molecule has 0 saturated heterocycles. The number of aryl methyl sites for hydroxylation is 2. The molecule has 6 nitrogen and oxygen atoms in total. The molecule has 0 spiro atoms. The van der Waals surface area contributed by atoms with Crippen LogP contribution >= 0.6 is 0 Å². The number of carbonyl (C=O) groups excluding carboxylic acids is 1. The van der Waals surface area contributed by atoms with Crippen LogP contribution in [0.5, 0.6) is 0 Å². The molecule has 0 bridgehead atoms. The first-order valence-electron chi connectivity index (χ1n) is 5.59. The van der Waals surface area contributed by atoms with Crippen LogP contribution in [0.4, 0.5) is 5.69 Å². The normalized spacial score (nSPS) is 11.6. The van der Waals surface area contributed by atoms with E-state index in [0.29, 0.717) is 23.6 Å². The smallest absolute Gasteiger partial charge is 0.271 e. The van der Waals surface area contributed by atoms with Crippen molar-refractivity contribution in [2.75, 3.05) is 12.3 Å². The van der Waals surface area contributed by atoms with Gasteiger partial charge in [0.1, 0.15) is 5.69 Å². The summed E-state index contributed by atoms with van der Waals surface area (Å²) in [6.07, 6.45) is 0. The number of nitrogen functional groups attached to an aromatic ring is 1. The summed E-state index contributed by atoms with van der Waals surface area (Å²) in [5.41, 5.74) is 6.25. The number of aliphatic hydroxyl groups is 1. The first-order chi connectivity index (χ1) is 7.76. The Bertz CT molecular complexity index is 418. The topological polar surface area (TPSA) is 93.2 Å². The van der Waals surface area contributed by atoms with Crippen molar-refractivity contribution < 1.29 is 9.90 Å². The summed E-state index contributed by atoms with van der Waals surface area (Å²) in [5.74, 6) is -0.313. The van der Waals surface area contributed by atoms with Gasteiger partial charge in [-0.05, 0) is 27.7 Å². The quantitative estimate of drug-likeness (QED) is 0.705. The minimum Gasteiger partial charge on any atom is -0.395 e. The van der Waals surface area contributed by atoms with Crippen LogP contribution in [0.15, 0.2) is 0 Å². The van der Waals surface area contributed by atoms with Gasteiger partial charge in [0.25, 0.3) is 5.91 Å². The number of carbonyl (C=O) groups is 1. The average Bonchev–Trinajstić information content (AvgIpc) is 2.51. The highest BCUT2D eigenvalue weighted by atomic mass is 16.3. The number of amides is 1. The lowest BCUT2D eigenvalue weighted by atomic mass is 10.1. The fourth-order valence-corrected chi connectivity index (χ4v) is 1.44. The van der Waals surface area contributed by atoms with E-state index >= 15 is 0 Å². The number of nitrogens with zero attached hydrogens (tertiary/aromatic N) is 2. The van der Waals surface area contributed by atoms with E-state index in [4.69, 9.17) is 5.73 Å². The zero-order chi connectivity index (χ0) is 13.2. The van der Waals surface area contributed by atoms with Gasteiger partial charge in [-0.3, -0.25) is 9.48 Å². The molecular weight excluding hydrogens is 220 g/mol. The monoisotopic (exact) mass is 240 g/mol. The second-order valence-electron chi connectivity index (χ2n) is 4.66. The molecule has 1 amide bonds. The molecule has 0 aliphatic heterocycles. The van der Waals surface area contributed by atoms with E-state index in [1.807, 2.05) is 6.92 Å². The Labute approximate surface area is 101 Å². The molecule has 0 aliphatic carbocycles. The number of hydrogen-bond donors (Lipinski definition) is 3. The predicted molar refractivity (Wildman–Crippen MR) is 65.7 cm³/mol. The maximum atomic E-state index is 11.9. The van der Waals surface area contributed by atoms with Gasteiger partial charge in [-0.15, -0.1) is 0 Å². The molecule has 0 aromatic carbocycles. The van der Waals surface area contributed by atoms with Crippen molar-refractivity contribution in [1.82, 2.24) is 15.1 Å². The molecule has 0 radical (unpaired) electrons. The van der Waals surface area contributed by atoms with Crippen LogP contribution in [-0.2, 0) is 6.54 Å². The Kier molecular flexibility index (Phi) is 3.77. The van der Waals surface area contributed by atoms with Gasteiger partial charge < -0.3 is 16.2 Å². The third kappa shape index (κ3) is 3.20. The fraction of sp³-hybridized carbons (Fsp3) is 0.636. The van der Waals surface area contributed by atoms with Crippen LogP contribution in [0.1, 0.15) is 37.0 Å². The highest BCUT2D eigenvalue weighted by Crippen LogP contribution is 2.16. The first kappa shape index (κ1) is 13.5. The maximum absolute atomic E-state index is 11.9. The van der Waals surface area contributed by atoms with Gasteiger partial charge in [-0.25, -0.2) is 0 Å². The number of nitrogens with two attached hydrogens (primary N) is 1. The summed E-state index contributed by atoms with van der Waals surface area (Å²) < 4.78 is 1.56. The molecule has 0 fully saturated rings. The van der Waals surface area contributed by atoms with Gasteiger partial charge >= 0.3 is 0 Å². The van der Waals surface area contributed by atoms with Gasteiger partial charge in [0.05, 0.1) is 17.0 Å². The Balaban J connectivity index is 2.89. The van der Waals surface area contributed by atoms with E-state index in [1.54, 1.807) is 25.5 Å². The van der Waals surface area contributed by atoms with Crippen molar-refractivity contribution in [2.45, 2.75) is 39.8 Å². The molecule has 0 atom stereocenters. The van der Waals surface area contributed by atoms with Gasteiger partial charge in [-0.2, -0.15) is 5.10 Å². The average molecular weight is 240 g/mol. The largest absolute Gasteiger partial charge is 0.395 e. The third-order valence-electron chi connectivity index (χ3n) is 2.37. The molecule has 6 heteroatoms. The fourth-order valence-electron chi connectivity index (χ4n) is 1.44. The summed E-state index contributed by atoms with van der Waals surface area (Å²) >= 11 is 0. The minimum absolute atomic E-state index is 0.166. The van der Waals surface area contributed by atoms with Gasteiger partial charge in [0.15, 0.2) is 0 Å². The van der Waals surface area contributed by atoms with Crippen LogP contribution in [-0.4, -0.2) is 32.9 Å². The molecular formula is C11H20N4O2. The predicted octanol–water partition coefficient (Wildman–Crippen LogP) is 0.294. The summed E-state index contributed by atoms with van der Waals surface area (Å²) in [6.45, 7) is 7.63. The van der Waals surface area contributed by atoms with Crippen molar-refractivity contribution in [3.05, 3.63) is 11.4 Å². The van der Waals surface area contributed by atoms with Gasteiger partial charge in [0.2, 0.25) is 0 Å². The van der Waals surface area contributed by atoms with Crippen molar-refractivity contribution in [2.24, 2.45) is 0 Å². The Morgan fingerprint density at radius 1 is 1.59 bits per heavy atom. The summed E-state index contributed by atoms with van der Waals surface area (Å²) in [5, 5.41) is 16.3. The Morgan fingerprint density at radius 3 is 2.65 bits per heavy atom. The van der Waals surface area contributed by atoms with E-state index in [-0.39, 0.29) is 12.5 Å². The molecule has 0 saturated carbocycles. The highest BCUT2D eigenvalue weighted by Gasteiger charge is 2.21. The van der Waals surface area contributed by atoms with E-state index < -0.39 is 5.60 Å². The van der Waals surface area contributed by atoms with Crippen molar-refractivity contribution in [3.8, 4) is 0 Å². The van der Waals surface area contributed by atoms with Crippen molar-refractivity contribution >= 4 is 11.6 Å². The molecule has 17 heavy (non-hydrogen) atoms. The number of anilines is 1. The zero-order valence-electron chi connectivity index (χ0n) is 10.7. The zero-order valence-corrected chi connectivity index (χ0v) is 10.7. The molecule has 4 N–H and O–H groups in total. The van der Waals surface area contributed by atoms with E-state index in [0.717, 1.165) is 0 Å². The highest BCUT2D eigenvalue weighted by molar-refractivity contribution is 5.98. The SMILES string of the molecule is CCn1nc(C)c(N)c1C(=O)NCC(C)(C)O. The van der Waals surface area contributed by atoms with Gasteiger partial charge in [-0.1, -0.05) is 0 Å². The third-order valence-corrected chi connectivity index (χ3v) is 2.37. The molecule has 1 rings (SSSR count). The lowest BCUT2D eigenvalue weighted by molar-refractivity contribution is 0.0689. The molecule has 96 valence electrons. The molecule has 0 aliphatic rings. The van der Waals surface area contributed by atoms with Crippen LogP contribution in [0.25, 0.3) is 0 Å². The van der Waals surface area contributed by atoms with Gasteiger partial charge in [0, 0.05) is 13.1 Å². The van der Waals surface area contributed by atoms with Crippen LogP contribution in [0.3, 0.4) is 0 Å². The second-order valence-corrected chi connectivity index (χ2v) is 4.66. The number of aromatic nitrogens is 2. The molecule has 1 heterocycles. The van der Waals surface area contributed by atoms with Crippen LogP contribution < -0.4 is 11.1 Å². The minimum atomic E-state index is -0.948. The van der Waals surface area contributed by atoms with Crippen LogP contribution in [0.2, 0.25) is 0 Å².